The lowest BCUT2D eigenvalue weighted by Gasteiger charge is -2.19. The standard InChI is InChI=1S/C18H16Cl3FN2O2S/c1-27-7-6-16(18(26)23-11-3-5-15(22)14(21)9-11)24-17(25)12-4-2-10(19)8-13(12)20/h2-5,8-9,16H,6-7H2,1H3,(H,23,26)(H,24,25). The number of rotatable bonds is 7. The topological polar surface area (TPSA) is 58.2 Å². The predicted octanol–water partition coefficient (Wildman–Crippen LogP) is 5.28. The van der Waals surface area contributed by atoms with Gasteiger partial charge in [0.15, 0.2) is 0 Å². The van der Waals surface area contributed by atoms with Crippen molar-refractivity contribution in [2.45, 2.75) is 12.5 Å². The van der Waals surface area contributed by atoms with E-state index < -0.39 is 23.7 Å². The van der Waals surface area contributed by atoms with Gasteiger partial charge in [0.2, 0.25) is 5.91 Å². The van der Waals surface area contributed by atoms with E-state index >= 15 is 0 Å². The Kier molecular flexibility index (Phi) is 8.23. The van der Waals surface area contributed by atoms with Gasteiger partial charge in [-0.3, -0.25) is 9.59 Å². The molecule has 4 nitrogen and oxygen atoms in total. The van der Waals surface area contributed by atoms with Crippen LogP contribution in [0.1, 0.15) is 16.8 Å². The molecule has 0 aromatic heterocycles. The molecular formula is C18H16Cl3FN2O2S. The maximum absolute atomic E-state index is 13.3. The lowest BCUT2D eigenvalue weighted by molar-refractivity contribution is -0.118. The SMILES string of the molecule is CSCCC(NC(=O)c1ccc(Cl)cc1Cl)C(=O)Nc1ccc(F)c(Cl)c1. The molecule has 2 N–H and O–H groups in total. The predicted molar refractivity (Wildman–Crippen MR) is 111 cm³/mol. The molecule has 2 rings (SSSR count). The molecular weight excluding hydrogens is 434 g/mol. The molecule has 9 heteroatoms. The zero-order valence-corrected chi connectivity index (χ0v) is 17.3. The summed E-state index contributed by atoms with van der Waals surface area (Å²) in [6.07, 6.45) is 2.30. The quantitative estimate of drug-likeness (QED) is 0.605. The maximum Gasteiger partial charge on any atom is 0.253 e. The van der Waals surface area contributed by atoms with Gasteiger partial charge in [0.1, 0.15) is 11.9 Å². The van der Waals surface area contributed by atoms with Gasteiger partial charge in [-0.05, 0) is 54.8 Å². The Labute approximate surface area is 175 Å². The molecule has 1 atom stereocenters. The Morgan fingerprint density at radius 3 is 2.48 bits per heavy atom. The monoisotopic (exact) mass is 448 g/mol. The molecule has 0 aliphatic heterocycles. The van der Waals surface area contributed by atoms with Crippen molar-refractivity contribution in [1.29, 1.82) is 0 Å². The molecule has 1 unspecified atom stereocenters. The molecule has 2 aromatic rings. The van der Waals surface area contributed by atoms with Crippen molar-refractivity contribution in [2.75, 3.05) is 17.3 Å². The van der Waals surface area contributed by atoms with Gasteiger partial charge in [-0.15, -0.1) is 0 Å². The van der Waals surface area contributed by atoms with Gasteiger partial charge in [0, 0.05) is 10.7 Å². The number of thioether (sulfide) groups is 1. The number of hydrogen-bond acceptors (Lipinski definition) is 3. The zero-order valence-electron chi connectivity index (χ0n) is 14.2. The minimum Gasteiger partial charge on any atom is -0.340 e. The number of anilines is 1. The normalized spacial score (nSPS) is 11.7. The van der Waals surface area contributed by atoms with Gasteiger partial charge in [0.25, 0.3) is 5.91 Å². The maximum atomic E-state index is 13.3. The first kappa shape index (κ1) is 21.8. The molecule has 0 spiro atoms. The van der Waals surface area contributed by atoms with Crippen molar-refractivity contribution in [1.82, 2.24) is 5.32 Å². The summed E-state index contributed by atoms with van der Waals surface area (Å²) in [6.45, 7) is 0. The minimum absolute atomic E-state index is 0.106. The number of benzene rings is 2. The van der Waals surface area contributed by atoms with Crippen molar-refractivity contribution in [3.05, 3.63) is 62.8 Å². The van der Waals surface area contributed by atoms with Crippen molar-refractivity contribution >= 4 is 64.1 Å². The third-order valence-electron chi connectivity index (χ3n) is 3.60. The number of carbonyl (C=O) groups excluding carboxylic acids is 2. The summed E-state index contributed by atoms with van der Waals surface area (Å²) in [4.78, 5) is 25.1. The summed E-state index contributed by atoms with van der Waals surface area (Å²) in [7, 11) is 0. The molecule has 0 aliphatic carbocycles. The van der Waals surface area contributed by atoms with E-state index in [0.717, 1.165) is 6.07 Å². The summed E-state index contributed by atoms with van der Waals surface area (Å²) in [5.41, 5.74) is 0.548. The largest absolute Gasteiger partial charge is 0.340 e. The van der Waals surface area contributed by atoms with Crippen molar-refractivity contribution in [3.8, 4) is 0 Å². The van der Waals surface area contributed by atoms with Gasteiger partial charge < -0.3 is 10.6 Å². The Balaban J connectivity index is 2.14. The molecule has 0 saturated carbocycles. The summed E-state index contributed by atoms with van der Waals surface area (Å²) in [5.74, 6) is -0.865. The van der Waals surface area contributed by atoms with Crippen LogP contribution in [0.3, 0.4) is 0 Å². The van der Waals surface area contributed by atoms with Crippen LogP contribution in [0.5, 0.6) is 0 Å². The highest BCUT2D eigenvalue weighted by molar-refractivity contribution is 7.98. The van der Waals surface area contributed by atoms with E-state index in [4.69, 9.17) is 34.8 Å². The second-order valence-electron chi connectivity index (χ2n) is 5.55. The smallest absolute Gasteiger partial charge is 0.253 e. The van der Waals surface area contributed by atoms with Crippen LogP contribution in [0.4, 0.5) is 10.1 Å². The highest BCUT2D eigenvalue weighted by Gasteiger charge is 2.22. The lowest BCUT2D eigenvalue weighted by atomic mass is 10.1. The molecule has 0 fully saturated rings. The summed E-state index contributed by atoms with van der Waals surface area (Å²) in [5, 5.41) is 5.79. The Hall–Kier alpha value is -1.47. The van der Waals surface area contributed by atoms with E-state index in [1.54, 1.807) is 17.8 Å². The fraction of sp³-hybridized carbons (Fsp3) is 0.222. The summed E-state index contributed by atoms with van der Waals surface area (Å²) >= 11 is 19.2. The van der Waals surface area contributed by atoms with Gasteiger partial charge in [-0.25, -0.2) is 4.39 Å². The first-order valence-electron chi connectivity index (χ1n) is 7.82. The third-order valence-corrected chi connectivity index (χ3v) is 5.08. The fourth-order valence-electron chi connectivity index (χ4n) is 2.22. The zero-order chi connectivity index (χ0) is 20.0. The van der Waals surface area contributed by atoms with Crippen LogP contribution in [0.2, 0.25) is 15.1 Å². The van der Waals surface area contributed by atoms with Gasteiger partial charge in [-0.1, -0.05) is 34.8 Å². The third kappa shape index (κ3) is 6.28. The Morgan fingerprint density at radius 1 is 1.11 bits per heavy atom. The molecule has 27 heavy (non-hydrogen) atoms. The van der Waals surface area contributed by atoms with Crippen LogP contribution in [-0.2, 0) is 4.79 Å². The van der Waals surface area contributed by atoms with E-state index in [1.165, 1.54) is 24.3 Å². The second-order valence-corrected chi connectivity index (χ2v) is 7.79. The summed E-state index contributed by atoms with van der Waals surface area (Å²) in [6, 6.07) is 7.53. The average molecular weight is 450 g/mol. The Bertz CT molecular complexity index is 851. The molecule has 0 radical (unpaired) electrons. The molecule has 2 amide bonds. The first-order valence-corrected chi connectivity index (χ1v) is 10.4. The number of halogens is 4. The molecule has 144 valence electrons. The van der Waals surface area contributed by atoms with Crippen LogP contribution in [0.25, 0.3) is 0 Å². The average Bonchev–Trinajstić information content (AvgIpc) is 2.61. The van der Waals surface area contributed by atoms with Gasteiger partial charge in [0.05, 0.1) is 15.6 Å². The fourth-order valence-corrected chi connectivity index (χ4v) is 3.36. The van der Waals surface area contributed by atoms with Crippen molar-refractivity contribution < 1.29 is 14.0 Å². The highest BCUT2D eigenvalue weighted by atomic mass is 35.5. The Morgan fingerprint density at radius 2 is 1.85 bits per heavy atom. The molecule has 0 saturated heterocycles. The van der Waals surface area contributed by atoms with E-state index in [9.17, 15) is 14.0 Å². The van der Waals surface area contributed by atoms with Crippen LogP contribution in [0, 0.1) is 5.82 Å². The first-order chi connectivity index (χ1) is 12.8. The second kappa shape index (κ2) is 10.2. The minimum atomic E-state index is -0.805. The number of hydrogen-bond donors (Lipinski definition) is 2. The van der Waals surface area contributed by atoms with E-state index in [2.05, 4.69) is 10.6 Å². The van der Waals surface area contributed by atoms with Crippen LogP contribution in [-0.4, -0.2) is 29.9 Å². The van der Waals surface area contributed by atoms with Crippen LogP contribution >= 0.6 is 46.6 Å². The van der Waals surface area contributed by atoms with E-state index in [1.807, 2.05) is 6.26 Å². The van der Waals surface area contributed by atoms with Crippen molar-refractivity contribution in [2.24, 2.45) is 0 Å². The number of carbonyl (C=O) groups is 2. The molecule has 0 aliphatic rings. The molecule has 0 heterocycles. The number of amides is 2. The van der Waals surface area contributed by atoms with Gasteiger partial charge in [-0.2, -0.15) is 11.8 Å². The van der Waals surface area contributed by atoms with E-state index in [0.29, 0.717) is 22.9 Å². The van der Waals surface area contributed by atoms with Crippen LogP contribution in [0.15, 0.2) is 36.4 Å². The highest BCUT2D eigenvalue weighted by Crippen LogP contribution is 2.22. The van der Waals surface area contributed by atoms with E-state index in [-0.39, 0.29) is 15.6 Å². The number of nitrogens with one attached hydrogen (secondary N) is 2. The van der Waals surface area contributed by atoms with Crippen molar-refractivity contribution in [3.63, 3.8) is 0 Å². The van der Waals surface area contributed by atoms with Crippen LogP contribution < -0.4 is 10.6 Å². The summed E-state index contributed by atoms with van der Waals surface area (Å²) < 4.78 is 13.3. The molecule has 0 bridgehead atoms. The van der Waals surface area contributed by atoms with Gasteiger partial charge >= 0.3 is 0 Å². The molecule has 2 aromatic carbocycles. The lowest BCUT2D eigenvalue weighted by Crippen LogP contribution is -2.44.